The Labute approximate surface area is 111 Å². The molecule has 2 N–H and O–H groups in total. The Morgan fingerprint density at radius 1 is 1.56 bits per heavy atom. The number of methoxy groups -OCH3 is 1. The van der Waals surface area contributed by atoms with E-state index < -0.39 is 0 Å². The molecular formula is C13H29N3O2. The van der Waals surface area contributed by atoms with E-state index in [1.165, 1.54) is 19.5 Å². The van der Waals surface area contributed by atoms with Crippen LogP contribution in [-0.2, 0) is 4.74 Å². The average molecular weight is 259 g/mol. The largest absolute Gasteiger partial charge is 0.390 e. The predicted octanol–water partition coefficient (Wildman–Crippen LogP) is -0.533. The molecule has 0 aliphatic carbocycles. The molecule has 0 radical (unpaired) electrons. The van der Waals surface area contributed by atoms with Gasteiger partial charge in [-0.2, -0.15) is 0 Å². The lowest BCUT2D eigenvalue weighted by Gasteiger charge is -2.23. The summed E-state index contributed by atoms with van der Waals surface area (Å²) in [6, 6.07) is 0. The van der Waals surface area contributed by atoms with Gasteiger partial charge in [-0.25, -0.2) is 0 Å². The van der Waals surface area contributed by atoms with Crippen LogP contribution in [0.2, 0.25) is 0 Å². The lowest BCUT2D eigenvalue weighted by Crippen LogP contribution is -2.39. The number of ether oxygens (including phenoxy) is 1. The van der Waals surface area contributed by atoms with Crippen molar-refractivity contribution in [2.75, 3.05) is 67.1 Å². The smallest absolute Gasteiger partial charge is 0.0791 e. The number of aliphatic hydroxyl groups excluding tert-OH is 1. The summed E-state index contributed by atoms with van der Waals surface area (Å²) in [5.74, 6) is 0.758. The van der Waals surface area contributed by atoms with E-state index in [-0.39, 0.29) is 6.10 Å². The Bertz CT molecular complexity index is 216. The summed E-state index contributed by atoms with van der Waals surface area (Å²) in [5, 5.41) is 13.1. The summed E-state index contributed by atoms with van der Waals surface area (Å²) in [4.78, 5) is 4.62. The Hall–Kier alpha value is -0.200. The summed E-state index contributed by atoms with van der Waals surface area (Å²) in [7, 11) is 5.95. The molecule has 1 heterocycles. The molecule has 5 nitrogen and oxygen atoms in total. The second kappa shape index (κ2) is 8.82. The number of likely N-dealkylation sites (N-methyl/N-ethyl adjacent to an activating group) is 1. The minimum Gasteiger partial charge on any atom is -0.390 e. The van der Waals surface area contributed by atoms with Crippen molar-refractivity contribution in [1.29, 1.82) is 0 Å². The molecule has 1 saturated heterocycles. The highest BCUT2D eigenvalue weighted by molar-refractivity contribution is 4.76. The molecule has 0 bridgehead atoms. The topological polar surface area (TPSA) is 48.0 Å². The number of aliphatic hydroxyl groups is 1. The molecule has 18 heavy (non-hydrogen) atoms. The molecule has 0 aromatic rings. The molecule has 0 spiro atoms. The maximum absolute atomic E-state index is 9.89. The second-order valence-corrected chi connectivity index (χ2v) is 5.49. The molecule has 1 rings (SSSR count). The monoisotopic (exact) mass is 259 g/mol. The van der Waals surface area contributed by atoms with Crippen LogP contribution >= 0.6 is 0 Å². The summed E-state index contributed by atoms with van der Waals surface area (Å²) in [6.45, 7) is 6.34. The van der Waals surface area contributed by atoms with Gasteiger partial charge in [0.1, 0.15) is 0 Å². The number of hydrogen-bond donors (Lipinski definition) is 2. The molecule has 1 aliphatic rings. The molecule has 1 fully saturated rings. The maximum Gasteiger partial charge on any atom is 0.0791 e. The van der Waals surface area contributed by atoms with Gasteiger partial charge in [0.05, 0.1) is 12.7 Å². The van der Waals surface area contributed by atoms with E-state index in [0.29, 0.717) is 13.2 Å². The first kappa shape index (κ1) is 15.9. The third kappa shape index (κ3) is 6.66. The van der Waals surface area contributed by atoms with E-state index in [0.717, 1.165) is 25.6 Å². The first-order valence-corrected chi connectivity index (χ1v) is 6.86. The van der Waals surface area contributed by atoms with Crippen LogP contribution in [0.5, 0.6) is 0 Å². The fraction of sp³-hybridized carbons (Fsp3) is 1.00. The van der Waals surface area contributed by atoms with Gasteiger partial charge in [-0.3, -0.25) is 0 Å². The lowest BCUT2D eigenvalue weighted by molar-refractivity contribution is 0.113. The highest BCUT2D eigenvalue weighted by atomic mass is 16.5. The molecule has 0 amide bonds. The van der Waals surface area contributed by atoms with Gasteiger partial charge in [0.15, 0.2) is 0 Å². The van der Waals surface area contributed by atoms with Gasteiger partial charge >= 0.3 is 0 Å². The zero-order valence-corrected chi connectivity index (χ0v) is 12.1. The normalized spacial score (nSPS) is 22.8. The maximum atomic E-state index is 9.89. The molecule has 5 heteroatoms. The third-order valence-corrected chi connectivity index (χ3v) is 3.44. The fourth-order valence-corrected chi connectivity index (χ4v) is 2.56. The average Bonchev–Trinajstić information content (AvgIpc) is 2.70. The van der Waals surface area contributed by atoms with Crippen LogP contribution in [0.4, 0.5) is 0 Å². The molecule has 2 atom stereocenters. The van der Waals surface area contributed by atoms with E-state index in [2.05, 4.69) is 29.2 Å². The molecular weight excluding hydrogens is 230 g/mol. The Morgan fingerprint density at radius 3 is 2.94 bits per heavy atom. The van der Waals surface area contributed by atoms with Gasteiger partial charge in [-0.15, -0.1) is 0 Å². The van der Waals surface area contributed by atoms with Gasteiger partial charge in [0.25, 0.3) is 0 Å². The van der Waals surface area contributed by atoms with Crippen molar-refractivity contribution >= 4 is 0 Å². The number of likely N-dealkylation sites (tertiary alicyclic amines) is 1. The summed E-state index contributed by atoms with van der Waals surface area (Å²) < 4.78 is 4.94. The molecule has 0 aromatic heterocycles. The van der Waals surface area contributed by atoms with Gasteiger partial charge in [0, 0.05) is 39.8 Å². The SMILES string of the molecule is COCCNCC(O)CN(C)CC1CCN(C)C1. The van der Waals surface area contributed by atoms with Gasteiger partial charge in [-0.1, -0.05) is 0 Å². The summed E-state index contributed by atoms with van der Waals surface area (Å²) in [5.41, 5.74) is 0. The van der Waals surface area contributed by atoms with Crippen LogP contribution in [-0.4, -0.2) is 88.1 Å². The number of rotatable bonds is 9. The van der Waals surface area contributed by atoms with Crippen molar-refractivity contribution in [1.82, 2.24) is 15.1 Å². The van der Waals surface area contributed by atoms with Crippen molar-refractivity contribution in [3.8, 4) is 0 Å². The molecule has 108 valence electrons. The highest BCUT2D eigenvalue weighted by Crippen LogP contribution is 2.14. The van der Waals surface area contributed by atoms with Crippen LogP contribution in [0.3, 0.4) is 0 Å². The van der Waals surface area contributed by atoms with E-state index >= 15 is 0 Å². The van der Waals surface area contributed by atoms with Crippen LogP contribution in [0.15, 0.2) is 0 Å². The van der Waals surface area contributed by atoms with Crippen molar-refractivity contribution in [3.63, 3.8) is 0 Å². The highest BCUT2D eigenvalue weighted by Gasteiger charge is 2.21. The number of nitrogens with one attached hydrogen (secondary N) is 1. The van der Waals surface area contributed by atoms with E-state index in [9.17, 15) is 5.11 Å². The van der Waals surface area contributed by atoms with Crippen LogP contribution in [0.25, 0.3) is 0 Å². The first-order valence-electron chi connectivity index (χ1n) is 6.86. The number of nitrogens with zero attached hydrogens (tertiary/aromatic N) is 2. The molecule has 2 unspecified atom stereocenters. The molecule has 1 aliphatic heterocycles. The van der Waals surface area contributed by atoms with Crippen molar-refractivity contribution < 1.29 is 9.84 Å². The quantitative estimate of drug-likeness (QED) is 0.545. The number of hydrogen-bond acceptors (Lipinski definition) is 5. The van der Waals surface area contributed by atoms with Crippen molar-refractivity contribution in [3.05, 3.63) is 0 Å². The van der Waals surface area contributed by atoms with Crippen LogP contribution < -0.4 is 5.32 Å². The molecule has 0 saturated carbocycles. The predicted molar refractivity (Wildman–Crippen MR) is 73.9 cm³/mol. The van der Waals surface area contributed by atoms with Crippen molar-refractivity contribution in [2.24, 2.45) is 5.92 Å². The van der Waals surface area contributed by atoms with Gasteiger partial charge in [-0.05, 0) is 33.0 Å². The fourth-order valence-electron chi connectivity index (χ4n) is 2.56. The summed E-state index contributed by atoms with van der Waals surface area (Å²) >= 11 is 0. The zero-order chi connectivity index (χ0) is 13.4. The van der Waals surface area contributed by atoms with E-state index in [1.54, 1.807) is 7.11 Å². The Morgan fingerprint density at radius 2 is 2.33 bits per heavy atom. The standard InChI is InChI=1S/C13H29N3O2/c1-15-6-4-12(9-15)10-16(2)11-13(17)8-14-5-7-18-3/h12-14,17H,4-11H2,1-3H3. The van der Waals surface area contributed by atoms with Gasteiger partial charge < -0.3 is 25.0 Å². The minimum absolute atomic E-state index is 0.300. The van der Waals surface area contributed by atoms with Crippen LogP contribution in [0, 0.1) is 5.92 Å². The van der Waals surface area contributed by atoms with Crippen LogP contribution in [0.1, 0.15) is 6.42 Å². The van der Waals surface area contributed by atoms with Crippen molar-refractivity contribution in [2.45, 2.75) is 12.5 Å². The zero-order valence-electron chi connectivity index (χ0n) is 12.1. The minimum atomic E-state index is -0.300. The summed E-state index contributed by atoms with van der Waals surface area (Å²) in [6.07, 6.45) is 0.981. The molecule has 0 aromatic carbocycles. The third-order valence-electron chi connectivity index (χ3n) is 3.44. The van der Waals surface area contributed by atoms with Gasteiger partial charge in [0.2, 0.25) is 0 Å². The lowest BCUT2D eigenvalue weighted by atomic mass is 10.1. The van der Waals surface area contributed by atoms with E-state index in [1.807, 2.05) is 0 Å². The first-order chi connectivity index (χ1) is 8.61. The Kier molecular flexibility index (Phi) is 7.77. The second-order valence-electron chi connectivity index (χ2n) is 5.49. The Balaban J connectivity index is 2.05. The van der Waals surface area contributed by atoms with E-state index in [4.69, 9.17) is 4.74 Å².